The molecule has 0 saturated carbocycles. The van der Waals surface area contributed by atoms with E-state index in [-0.39, 0.29) is 36.1 Å². The Morgan fingerprint density at radius 1 is 1.39 bits per heavy atom. The van der Waals surface area contributed by atoms with Crippen molar-refractivity contribution >= 4 is 29.9 Å². The quantitative estimate of drug-likeness (QED) is 0.345. The van der Waals surface area contributed by atoms with Crippen LogP contribution in [0.1, 0.15) is 55.9 Å². The van der Waals surface area contributed by atoms with Gasteiger partial charge in [-0.25, -0.2) is 9.67 Å². The Balaban J connectivity index is 0.00000272. The molecule has 1 aromatic heterocycles. The van der Waals surface area contributed by atoms with Gasteiger partial charge in [0.1, 0.15) is 23.4 Å². The van der Waals surface area contributed by atoms with Crippen molar-refractivity contribution in [3.05, 3.63) is 34.9 Å². The molecule has 0 radical (unpaired) electrons. The second-order valence-corrected chi connectivity index (χ2v) is 8.43. The molecule has 8 nitrogen and oxygen atoms in total. The van der Waals surface area contributed by atoms with Gasteiger partial charge in [-0.2, -0.15) is 5.10 Å². The maximum atomic E-state index is 5.91. The van der Waals surface area contributed by atoms with Crippen molar-refractivity contribution in [3.63, 3.8) is 0 Å². The Morgan fingerprint density at radius 3 is 2.90 bits per heavy atom. The standard InChI is InChI=1S/C22H32N6O2.HI/c1-13(2)21-26-20-7-6-17(12-28(20)27-21)25-22(23-4)24-11-16-10-19-15(8-14(3)30-19)9-18(16)29-5;/h9-10,13-14,17H,6-8,11-12H2,1-5H3,(H2,23,24,25);1H. The molecule has 2 aliphatic heterocycles. The number of aliphatic imine (C=N–C) groups is 1. The number of methoxy groups -OCH3 is 1. The van der Waals surface area contributed by atoms with Crippen LogP contribution < -0.4 is 20.1 Å². The van der Waals surface area contributed by atoms with Crippen LogP contribution in [-0.4, -0.2) is 47.0 Å². The highest BCUT2D eigenvalue weighted by atomic mass is 127. The number of nitrogens with one attached hydrogen (secondary N) is 2. The van der Waals surface area contributed by atoms with E-state index in [1.54, 1.807) is 14.2 Å². The van der Waals surface area contributed by atoms with Gasteiger partial charge in [-0.15, -0.1) is 24.0 Å². The Hall–Kier alpha value is -2.04. The van der Waals surface area contributed by atoms with E-state index in [1.165, 1.54) is 5.56 Å². The molecule has 2 aliphatic rings. The van der Waals surface area contributed by atoms with Crippen LogP contribution >= 0.6 is 24.0 Å². The summed E-state index contributed by atoms with van der Waals surface area (Å²) in [6.45, 7) is 7.74. The molecule has 170 valence electrons. The summed E-state index contributed by atoms with van der Waals surface area (Å²) in [5.41, 5.74) is 2.26. The van der Waals surface area contributed by atoms with Crippen molar-refractivity contribution < 1.29 is 9.47 Å². The number of hydrogen-bond donors (Lipinski definition) is 2. The Bertz CT molecular complexity index is 942. The van der Waals surface area contributed by atoms with Gasteiger partial charge in [0.15, 0.2) is 11.8 Å². The molecule has 0 fully saturated rings. The molecule has 9 heteroatoms. The number of fused-ring (bicyclic) bond motifs is 2. The van der Waals surface area contributed by atoms with Crippen molar-refractivity contribution in [1.29, 1.82) is 0 Å². The summed E-state index contributed by atoms with van der Waals surface area (Å²) >= 11 is 0. The molecule has 0 bridgehead atoms. The molecule has 2 unspecified atom stereocenters. The van der Waals surface area contributed by atoms with E-state index in [2.05, 4.69) is 58.6 Å². The summed E-state index contributed by atoms with van der Waals surface area (Å²) in [6, 6.07) is 4.43. The first-order chi connectivity index (χ1) is 14.5. The van der Waals surface area contributed by atoms with Crippen LogP contribution in [0.15, 0.2) is 17.1 Å². The van der Waals surface area contributed by atoms with Crippen LogP contribution in [0.5, 0.6) is 11.5 Å². The predicted octanol–water partition coefficient (Wildman–Crippen LogP) is 3.03. The molecule has 0 aliphatic carbocycles. The largest absolute Gasteiger partial charge is 0.496 e. The molecule has 0 saturated heterocycles. The number of halogens is 1. The van der Waals surface area contributed by atoms with Crippen molar-refractivity contribution in [2.45, 2.75) is 71.2 Å². The van der Waals surface area contributed by atoms with Gasteiger partial charge >= 0.3 is 0 Å². The lowest BCUT2D eigenvalue weighted by atomic mass is 10.1. The molecule has 2 N–H and O–H groups in total. The van der Waals surface area contributed by atoms with Crippen LogP contribution in [0.25, 0.3) is 0 Å². The average Bonchev–Trinajstić information content (AvgIpc) is 3.31. The summed E-state index contributed by atoms with van der Waals surface area (Å²) in [5.74, 6) is 4.95. The van der Waals surface area contributed by atoms with E-state index in [0.29, 0.717) is 12.5 Å². The molecule has 1 aromatic carbocycles. The fourth-order valence-corrected chi connectivity index (χ4v) is 4.07. The van der Waals surface area contributed by atoms with Crippen molar-refractivity contribution in [3.8, 4) is 11.5 Å². The van der Waals surface area contributed by atoms with Crippen LogP contribution in [0, 0.1) is 0 Å². The zero-order chi connectivity index (χ0) is 21.3. The van der Waals surface area contributed by atoms with Gasteiger partial charge in [0.05, 0.1) is 13.7 Å². The summed E-state index contributed by atoms with van der Waals surface area (Å²) < 4.78 is 13.6. The first-order valence-electron chi connectivity index (χ1n) is 10.7. The Kier molecular flexibility index (Phi) is 7.66. The zero-order valence-electron chi connectivity index (χ0n) is 18.9. The number of rotatable bonds is 5. The molecule has 4 rings (SSSR count). The minimum absolute atomic E-state index is 0. The second-order valence-electron chi connectivity index (χ2n) is 8.43. The molecule has 2 aromatic rings. The molecular formula is C22H33IN6O2. The molecule has 0 spiro atoms. The summed E-state index contributed by atoms with van der Waals surface area (Å²) in [6.07, 6.45) is 3.06. The highest BCUT2D eigenvalue weighted by Crippen LogP contribution is 2.34. The smallest absolute Gasteiger partial charge is 0.191 e. The maximum absolute atomic E-state index is 5.91. The number of aromatic nitrogens is 3. The van der Waals surface area contributed by atoms with Gasteiger partial charge in [0.2, 0.25) is 0 Å². The minimum Gasteiger partial charge on any atom is -0.496 e. The summed E-state index contributed by atoms with van der Waals surface area (Å²) in [5, 5.41) is 11.6. The highest BCUT2D eigenvalue weighted by Gasteiger charge is 2.24. The summed E-state index contributed by atoms with van der Waals surface area (Å²) in [7, 11) is 3.50. The SMILES string of the molecule is CN=C(NCc1cc2c(cc1OC)CC(C)O2)NC1CCc2nc(C(C)C)nn2C1.I. The van der Waals surface area contributed by atoms with E-state index in [1.807, 2.05) is 4.68 Å². The van der Waals surface area contributed by atoms with Crippen molar-refractivity contribution in [1.82, 2.24) is 25.4 Å². The molecule has 31 heavy (non-hydrogen) atoms. The van der Waals surface area contributed by atoms with Gasteiger partial charge in [0, 0.05) is 49.5 Å². The summed E-state index contributed by atoms with van der Waals surface area (Å²) in [4.78, 5) is 9.07. The lowest BCUT2D eigenvalue weighted by Gasteiger charge is -2.25. The monoisotopic (exact) mass is 540 g/mol. The highest BCUT2D eigenvalue weighted by molar-refractivity contribution is 14.0. The number of nitrogens with zero attached hydrogens (tertiary/aromatic N) is 4. The van der Waals surface area contributed by atoms with Gasteiger partial charge < -0.3 is 20.1 Å². The van der Waals surface area contributed by atoms with Crippen molar-refractivity contribution in [2.24, 2.45) is 4.99 Å². The lowest BCUT2D eigenvalue weighted by molar-refractivity contribution is 0.254. The topological polar surface area (TPSA) is 85.6 Å². The van der Waals surface area contributed by atoms with Gasteiger partial charge in [-0.05, 0) is 25.5 Å². The fourth-order valence-electron chi connectivity index (χ4n) is 4.07. The number of benzene rings is 1. The first kappa shape index (κ1) is 23.6. The number of hydrogen-bond acceptors (Lipinski definition) is 5. The van der Waals surface area contributed by atoms with Gasteiger partial charge in [-0.1, -0.05) is 13.8 Å². The van der Waals surface area contributed by atoms with Crippen LogP contribution in [0.2, 0.25) is 0 Å². The van der Waals surface area contributed by atoms with Gasteiger partial charge in [0.25, 0.3) is 0 Å². The zero-order valence-corrected chi connectivity index (χ0v) is 21.3. The third-order valence-electron chi connectivity index (χ3n) is 5.70. The Morgan fingerprint density at radius 2 is 2.19 bits per heavy atom. The first-order valence-corrected chi connectivity index (χ1v) is 10.7. The lowest BCUT2D eigenvalue weighted by Crippen LogP contribution is -2.46. The maximum Gasteiger partial charge on any atom is 0.191 e. The van der Waals surface area contributed by atoms with E-state index in [4.69, 9.17) is 9.47 Å². The predicted molar refractivity (Wildman–Crippen MR) is 132 cm³/mol. The normalized spacial score (nSPS) is 19.9. The second kappa shape index (κ2) is 10.1. The van der Waals surface area contributed by atoms with E-state index in [9.17, 15) is 0 Å². The number of guanidine groups is 1. The van der Waals surface area contributed by atoms with E-state index in [0.717, 1.165) is 60.5 Å². The third kappa shape index (κ3) is 5.24. The van der Waals surface area contributed by atoms with Crippen LogP contribution in [-0.2, 0) is 25.9 Å². The van der Waals surface area contributed by atoms with E-state index >= 15 is 0 Å². The van der Waals surface area contributed by atoms with Crippen LogP contribution in [0.3, 0.4) is 0 Å². The Labute approximate surface area is 201 Å². The molecule has 2 atom stereocenters. The molecule has 3 heterocycles. The third-order valence-corrected chi connectivity index (χ3v) is 5.70. The number of ether oxygens (including phenoxy) is 2. The number of aryl methyl sites for hydroxylation is 1. The fraction of sp³-hybridized carbons (Fsp3) is 0.591. The average molecular weight is 540 g/mol. The molecular weight excluding hydrogens is 507 g/mol. The van der Waals surface area contributed by atoms with Crippen molar-refractivity contribution in [2.75, 3.05) is 14.2 Å². The molecule has 0 amide bonds. The van der Waals surface area contributed by atoms with Crippen LogP contribution in [0.4, 0.5) is 0 Å². The van der Waals surface area contributed by atoms with Gasteiger partial charge in [-0.3, -0.25) is 4.99 Å². The minimum atomic E-state index is 0. The van der Waals surface area contributed by atoms with E-state index < -0.39 is 0 Å².